The van der Waals surface area contributed by atoms with Gasteiger partial charge in [-0.05, 0) is 46.0 Å². The van der Waals surface area contributed by atoms with E-state index in [2.05, 4.69) is 39.1 Å². The molecule has 206 valence electrons. The highest BCUT2D eigenvalue weighted by molar-refractivity contribution is 6.03. The van der Waals surface area contributed by atoms with Crippen molar-refractivity contribution in [1.82, 2.24) is 19.6 Å². The van der Waals surface area contributed by atoms with E-state index in [1.807, 2.05) is 4.68 Å². The Hall–Kier alpha value is -2.89. The van der Waals surface area contributed by atoms with Crippen LogP contribution in [0.3, 0.4) is 0 Å². The average molecular weight is 525 g/mol. The molecule has 3 rings (SSSR count). The summed E-state index contributed by atoms with van der Waals surface area (Å²) in [4.78, 5) is 24.1. The lowest BCUT2D eigenvalue weighted by atomic mass is 10.0. The van der Waals surface area contributed by atoms with E-state index < -0.39 is 17.6 Å². The van der Waals surface area contributed by atoms with Gasteiger partial charge < -0.3 is 20.9 Å². The van der Waals surface area contributed by atoms with E-state index in [1.54, 1.807) is 11.1 Å². The molecule has 3 N–H and O–H groups in total. The number of likely N-dealkylation sites (tertiary alicyclic amines) is 2. The van der Waals surface area contributed by atoms with Crippen molar-refractivity contribution in [3.63, 3.8) is 0 Å². The number of amidine groups is 1. The highest BCUT2D eigenvalue weighted by Crippen LogP contribution is 2.28. The van der Waals surface area contributed by atoms with E-state index in [-0.39, 0.29) is 18.5 Å². The van der Waals surface area contributed by atoms with Crippen molar-refractivity contribution < 1.29 is 18.0 Å². The molecule has 0 spiro atoms. The van der Waals surface area contributed by atoms with Crippen molar-refractivity contribution in [2.24, 2.45) is 15.7 Å². The summed E-state index contributed by atoms with van der Waals surface area (Å²) in [6, 6.07) is 0.706. The maximum Gasteiger partial charge on any atom is 0.421 e. The molecule has 37 heavy (non-hydrogen) atoms. The standard InChI is InChI=1S/C25H39F3N8O/c1-19(2)34-13-8-21(9-14-34)36-17-20(15-33-36)31-16-22(25(26,27)28)24(32-18-29)30-10-6-12-35-11-5-3-4-7-23(35)37/h15-19,21,31H,3-14H2,1-2H3,(H2,29,30,32). The molecule has 12 heteroatoms. The Bertz CT molecular complexity index is 961. The molecule has 0 unspecified atom stereocenters. The summed E-state index contributed by atoms with van der Waals surface area (Å²) in [7, 11) is 0. The lowest BCUT2D eigenvalue weighted by Gasteiger charge is -2.34. The Morgan fingerprint density at radius 2 is 2.00 bits per heavy atom. The number of rotatable bonds is 9. The summed E-state index contributed by atoms with van der Waals surface area (Å²) in [6.45, 7) is 7.50. The Balaban J connectivity index is 1.64. The summed E-state index contributed by atoms with van der Waals surface area (Å²) >= 11 is 0. The molecule has 3 heterocycles. The molecule has 2 fully saturated rings. The number of nitrogens with one attached hydrogen (secondary N) is 1. The first-order valence-electron chi connectivity index (χ1n) is 13.1. The first-order chi connectivity index (χ1) is 17.7. The van der Waals surface area contributed by atoms with E-state index >= 15 is 0 Å². The van der Waals surface area contributed by atoms with Gasteiger partial charge in [0.05, 0.1) is 24.3 Å². The van der Waals surface area contributed by atoms with Crippen LogP contribution in [0.15, 0.2) is 34.2 Å². The average Bonchev–Trinajstić information content (AvgIpc) is 3.23. The number of halogens is 3. The predicted octanol–water partition coefficient (Wildman–Crippen LogP) is 3.96. The fourth-order valence-electron chi connectivity index (χ4n) is 4.70. The highest BCUT2D eigenvalue weighted by Gasteiger charge is 2.37. The first-order valence-corrected chi connectivity index (χ1v) is 13.1. The third kappa shape index (κ3) is 8.58. The molecule has 1 amide bonds. The molecule has 0 atom stereocenters. The number of aliphatic imine (C=N–C) groups is 2. The molecule has 2 saturated heterocycles. The van der Waals surface area contributed by atoms with Crippen LogP contribution in [-0.4, -0.2) is 82.6 Å². The normalized spacial score (nSPS) is 19.7. The van der Waals surface area contributed by atoms with Crippen molar-refractivity contribution in [2.75, 3.05) is 38.0 Å². The second-order valence-corrected chi connectivity index (χ2v) is 9.80. The van der Waals surface area contributed by atoms with Crippen molar-refractivity contribution in [1.29, 1.82) is 0 Å². The Labute approximate surface area is 216 Å². The van der Waals surface area contributed by atoms with Crippen LogP contribution < -0.4 is 11.1 Å². The van der Waals surface area contributed by atoms with Crippen molar-refractivity contribution in [3.8, 4) is 0 Å². The van der Waals surface area contributed by atoms with Gasteiger partial charge in [0.2, 0.25) is 5.91 Å². The van der Waals surface area contributed by atoms with Gasteiger partial charge in [0.15, 0.2) is 5.84 Å². The summed E-state index contributed by atoms with van der Waals surface area (Å²) in [5, 5.41) is 7.07. The molecule has 0 aromatic carbocycles. The van der Waals surface area contributed by atoms with Crippen LogP contribution in [0.25, 0.3) is 0 Å². The van der Waals surface area contributed by atoms with E-state index in [0.29, 0.717) is 37.7 Å². The molecule has 9 nitrogen and oxygen atoms in total. The minimum absolute atomic E-state index is 0.0905. The SMILES string of the molecule is CC(C)N1CCC(n2cc(NC=C(C(N=CN)=NCCCN3CCCCCC3=O)C(F)(F)F)cn2)CC1. The summed E-state index contributed by atoms with van der Waals surface area (Å²) in [6.07, 6.45) is 5.87. The van der Waals surface area contributed by atoms with Gasteiger partial charge in [0.25, 0.3) is 0 Å². The Kier molecular flexibility index (Phi) is 10.5. The number of amides is 1. The maximum absolute atomic E-state index is 13.9. The summed E-state index contributed by atoms with van der Waals surface area (Å²) in [5.74, 6) is -0.411. The number of hydrogen-bond acceptors (Lipinski definition) is 5. The van der Waals surface area contributed by atoms with E-state index in [1.165, 1.54) is 6.20 Å². The fourth-order valence-corrected chi connectivity index (χ4v) is 4.70. The van der Waals surface area contributed by atoms with Crippen LogP contribution in [0.2, 0.25) is 0 Å². The number of carbonyl (C=O) groups excluding carboxylic acids is 1. The smallest absolute Gasteiger partial charge is 0.390 e. The summed E-state index contributed by atoms with van der Waals surface area (Å²) in [5.41, 5.74) is 4.75. The van der Waals surface area contributed by atoms with Crippen LogP contribution in [0.4, 0.5) is 18.9 Å². The maximum atomic E-state index is 13.9. The highest BCUT2D eigenvalue weighted by atomic mass is 19.4. The van der Waals surface area contributed by atoms with Crippen molar-refractivity contribution >= 4 is 23.8 Å². The number of nitrogens with two attached hydrogens (primary N) is 1. The number of carbonyl (C=O) groups is 1. The van der Waals surface area contributed by atoms with Gasteiger partial charge in [0.1, 0.15) is 5.57 Å². The zero-order chi connectivity index (χ0) is 26.8. The molecule has 2 aliphatic heterocycles. The van der Waals surface area contributed by atoms with Gasteiger partial charge in [-0.3, -0.25) is 14.5 Å². The van der Waals surface area contributed by atoms with Gasteiger partial charge >= 0.3 is 6.18 Å². The number of piperidine rings is 1. The molecule has 0 radical (unpaired) electrons. The number of nitrogens with zero attached hydrogens (tertiary/aromatic N) is 6. The summed E-state index contributed by atoms with van der Waals surface area (Å²) < 4.78 is 43.5. The zero-order valence-corrected chi connectivity index (χ0v) is 21.8. The minimum Gasteiger partial charge on any atom is -0.390 e. The van der Waals surface area contributed by atoms with Crippen LogP contribution in [0.1, 0.15) is 64.8 Å². The molecule has 1 aromatic heterocycles. The first kappa shape index (κ1) is 28.7. The Morgan fingerprint density at radius 3 is 2.68 bits per heavy atom. The second-order valence-electron chi connectivity index (χ2n) is 9.80. The van der Waals surface area contributed by atoms with Crippen molar-refractivity contribution in [2.45, 2.75) is 77.1 Å². The molecule has 1 aromatic rings. The van der Waals surface area contributed by atoms with E-state index in [4.69, 9.17) is 5.73 Å². The van der Waals surface area contributed by atoms with Gasteiger partial charge in [-0.1, -0.05) is 6.42 Å². The minimum atomic E-state index is -4.70. The van der Waals surface area contributed by atoms with E-state index in [9.17, 15) is 18.0 Å². The second kappa shape index (κ2) is 13.6. The van der Waals surface area contributed by atoms with Gasteiger partial charge in [-0.15, -0.1) is 0 Å². The van der Waals surface area contributed by atoms with Gasteiger partial charge in [-0.2, -0.15) is 18.3 Å². The molecule has 2 aliphatic rings. The van der Waals surface area contributed by atoms with Crippen LogP contribution in [0, 0.1) is 0 Å². The molecule has 0 saturated carbocycles. The molecule has 0 bridgehead atoms. The zero-order valence-electron chi connectivity index (χ0n) is 21.8. The van der Waals surface area contributed by atoms with Crippen LogP contribution in [0.5, 0.6) is 0 Å². The lowest BCUT2D eigenvalue weighted by Crippen LogP contribution is -2.39. The molecular weight excluding hydrogens is 485 g/mol. The third-order valence-corrected chi connectivity index (χ3v) is 6.85. The van der Waals surface area contributed by atoms with E-state index in [0.717, 1.165) is 57.7 Å². The third-order valence-electron chi connectivity index (χ3n) is 6.85. The number of alkyl halides is 3. The topological polar surface area (TPSA) is 104 Å². The number of hydrogen-bond donors (Lipinski definition) is 2. The quantitative estimate of drug-likeness (QED) is 0.289. The van der Waals surface area contributed by atoms with Gasteiger partial charge in [-0.25, -0.2) is 4.99 Å². The predicted molar refractivity (Wildman–Crippen MR) is 140 cm³/mol. The van der Waals surface area contributed by atoms with Crippen molar-refractivity contribution in [3.05, 3.63) is 24.2 Å². The van der Waals surface area contributed by atoms with Crippen LogP contribution in [-0.2, 0) is 4.79 Å². The van der Waals surface area contributed by atoms with Crippen LogP contribution >= 0.6 is 0 Å². The largest absolute Gasteiger partial charge is 0.421 e. The molecule has 0 aliphatic carbocycles. The van der Waals surface area contributed by atoms with Gasteiger partial charge in [0, 0.05) is 57.6 Å². The lowest BCUT2D eigenvalue weighted by molar-refractivity contribution is -0.130. The Morgan fingerprint density at radius 1 is 1.24 bits per heavy atom. The monoisotopic (exact) mass is 524 g/mol. The number of anilines is 1. The molecular formula is C25H39F3N8O. The number of aromatic nitrogens is 2. The fraction of sp³-hybridized carbons (Fsp3) is 0.680.